The third-order valence-corrected chi connectivity index (χ3v) is 3.63. The number of nitrogens with zero attached hydrogens (tertiary/aromatic N) is 2. The zero-order valence-corrected chi connectivity index (χ0v) is 12.5. The maximum Gasteiger partial charge on any atom is 0.131 e. The van der Waals surface area contributed by atoms with Crippen LogP contribution in [0.15, 0.2) is 18.2 Å². The van der Waals surface area contributed by atoms with E-state index in [1.165, 1.54) is 13.2 Å². The summed E-state index contributed by atoms with van der Waals surface area (Å²) in [5, 5.41) is 0. The van der Waals surface area contributed by atoms with Crippen LogP contribution in [0.2, 0.25) is 0 Å². The van der Waals surface area contributed by atoms with Crippen molar-refractivity contribution < 1.29 is 9.13 Å². The molecule has 6 heteroatoms. The van der Waals surface area contributed by atoms with E-state index >= 15 is 0 Å². The summed E-state index contributed by atoms with van der Waals surface area (Å²) < 4.78 is 18.9. The van der Waals surface area contributed by atoms with Gasteiger partial charge in [0.25, 0.3) is 0 Å². The van der Waals surface area contributed by atoms with Crippen LogP contribution in [-0.2, 0) is 6.54 Å². The molecule has 1 aliphatic rings. The molecule has 0 spiro atoms. The lowest BCUT2D eigenvalue weighted by Crippen LogP contribution is -2.48. The number of ether oxygens (including phenoxy) is 1. The highest BCUT2D eigenvalue weighted by molar-refractivity contribution is 7.80. The second kappa shape index (κ2) is 6.97. The molecule has 1 heterocycles. The predicted molar refractivity (Wildman–Crippen MR) is 81.5 cm³/mol. The molecule has 0 aliphatic carbocycles. The lowest BCUT2D eigenvalue weighted by atomic mass is 10.1. The quantitative estimate of drug-likeness (QED) is 0.828. The molecule has 0 aromatic heterocycles. The highest BCUT2D eigenvalue weighted by Gasteiger charge is 2.18. The number of rotatable bonds is 5. The molecule has 1 saturated heterocycles. The zero-order valence-electron chi connectivity index (χ0n) is 11.6. The topological polar surface area (TPSA) is 41.7 Å². The molecule has 0 bridgehead atoms. The van der Waals surface area contributed by atoms with Crippen molar-refractivity contribution in [3.63, 3.8) is 0 Å². The van der Waals surface area contributed by atoms with E-state index in [0.717, 1.165) is 26.2 Å². The Balaban J connectivity index is 1.88. The van der Waals surface area contributed by atoms with E-state index in [4.69, 9.17) is 22.7 Å². The monoisotopic (exact) mass is 297 g/mol. The van der Waals surface area contributed by atoms with Gasteiger partial charge in [-0.2, -0.15) is 0 Å². The number of hydrogen-bond acceptors (Lipinski definition) is 4. The fourth-order valence-electron chi connectivity index (χ4n) is 2.35. The van der Waals surface area contributed by atoms with Gasteiger partial charge in [0, 0.05) is 50.9 Å². The normalized spacial score (nSPS) is 17.1. The smallest absolute Gasteiger partial charge is 0.131 e. The summed E-state index contributed by atoms with van der Waals surface area (Å²) in [6, 6.07) is 5.01. The minimum atomic E-state index is -0.213. The number of thiocarbonyl (C=S) groups is 1. The van der Waals surface area contributed by atoms with Gasteiger partial charge in [0.2, 0.25) is 0 Å². The molecule has 1 aromatic carbocycles. The molecule has 20 heavy (non-hydrogen) atoms. The molecule has 110 valence electrons. The van der Waals surface area contributed by atoms with Gasteiger partial charge in [-0.15, -0.1) is 0 Å². The summed E-state index contributed by atoms with van der Waals surface area (Å²) in [4.78, 5) is 4.99. The predicted octanol–water partition coefficient (Wildman–Crippen LogP) is 1.24. The molecular weight excluding hydrogens is 277 g/mol. The summed E-state index contributed by atoms with van der Waals surface area (Å²) in [5.41, 5.74) is 6.25. The van der Waals surface area contributed by atoms with Gasteiger partial charge in [0.05, 0.1) is 12.1 Å². The fraction of sp³-hybridized carbons (Fsp3) is 0.500. The third kappa shape index (κ3) is 4.13. The van der Waals surface area contributed by atoms with Crippen molar-refractivity contribution in [1.82, 2.24) is 9.80 Å². The Labute approximate surface area is 124 Å². The van der Waals surface area contributed by atoms with Crippen LogP contribution in [-0.4, -0.2) is 54.6 Å². The van der Waals surface area contributed by atoms with Crippen molar-refractivity contribution in [3.8, 4) is 5.75 Å². The first kappa shape index (κ1) is 15.2. The van der Waals surface area contributed by atoms with Gasteiger partial charge in [-0.1, -0.05) is 18.3 Å². The molecular formula is C14H20FN3OS. The van der Waals surface area contributed by atoms with E-state index in [0.29, 0.717) is 29.4 Å². The van der Waals surface area contributed by atoms with Gasteiger partial charge in [0.1, 0.15) is 11.6 Å². The summed E-state index contributed by atoms with van der Waals surface area (Å²) in [6.45, 7) is 4.91. The summed E-state index contributed by atoms with van der Waals surface area (Å²) in [7, 11) is 1.54. The molecule has 1 fully saturated rings. The van der Waals surface area contributed by atoms with Gasteiger partial charge in [-0.25, -0.2) is 4.39 Å². The Morgan fingerprint density at radius 1 is 1.30 bits per heavy atom. The van der Waals surface area contributed by atoms with Crippen molar-refractivity contribution in [3.05, 3.63) is 29.6 Å². The maximum absolute atomic E-state index is 13.9. The Morgan fingerprint density at radius 3 is 2.50 bits per heavy atom. The van der Waals surface area contributed by atoms with E-state index in [-0.39, 0.29) is 5.82 Å². The van der Waals surface area contributed by atoms with Gasteiger partial charge in [-0.3, -0.25) is 9.80 Å². The number of nitrogens with two attached hydrogens (primary N) is 1. The van der Waals surface area contributed by atoms with Gasteiger partial charge >= 0.3 is 0 Å². The van der Waals surface area contributed by atoms with Crippen LogP contribution in [0, 0.1) is 5.82 Å². The molecule has 0 saturated carbocycles. The first-order valence-corrected chi connectivity index (χ1v) is 7.04. The molecule has 0 amide bonds. The van der Waals surface area contributed by atoms with E-state index in [9.17, 15) is 4.39 Å². The first-order valence-electron chi connectivity index (χ1n) is 6.64. The standard InChI is InChI=1S/C14H20FN3OS/c1-19-12-3-2-11(13(15)8-12)9-17-4-6-18(7-5-17)10-14(16)20/h2-3,8H,4-7,9-10H2,1H3,(H2,16,20). The zero-order chi connectivity index (χ0) is 14.5. The van der Waals surface area contributed by atoms with Crippen LogP contribution >= 0.6 is 12.2 Å². The SMILES string of the molecule is COc1ccc(CN2CCN(CC(N)=S)CC2)c(F)c1. The molecule has 0 atom stereocenters. The largest absolute Gasteiger partial charge is 0.497 e. The fourth-order valence-corrected chi connectivity index (χ4v) is 2.53. The Bertz CT molecular complexity index is 475. The van der Waals surface area contributed by atoms with E-state index in [2.05, 4.69) is 9.80 Å². The van der Waals surface area contributed by atoms with Crippen molar-refractivity contribution in [2.75, 3.05) is 39.8 Å². The molecule has 4 nitrogen and oxygen atoms in total. The maximum atomic E-state index is 13.9. The third-order valence-electron chi connectivity index (χ3n) is 3.50. The van der Waals surface area contributed by atoms with Gasteiger partial charge < -0.3 is 10.5 Å². The molecule has 0 radical (unpaired) electrons. The lowest BCUT2D eigenvalue weighted by Gasteiger charge is -2.34. The van der Waals surface area contributed by atoms with Crippen LogP contribution in [0.1, 0.15) is 5.56 Å². The van der Waals surface area contributed by atoms with Crippen molar-refractivity contribution in [2.24, 2.45) is 5.73 Å². The molecule has 1 aromatic rings. The number of benzene rings is 1. The molecule has 2 rings (SSSR count). The highest BCUT2D eigenvalue weighted by atomic mass is 32.1. The Morgan fingerprint density at radius 2 is 1.95 bits per heavy atom. The summed E-state index contributed by atoms with van der Waals surface area (Å²) >= 11 is 4.91. The van der Waals surface area contributed by atoms with Gasteiger partial charge in [0.15, 0.2) is 0 Å². The second-order valence-electron chi connectivity index (χ2n) is 4.98. The van der Waals surface area contributed by atoms with Crippen LogP contribution in [0.3, 0.4) is 0 Å². The number of methoxy groups -OCH3 is 1. The number of hydrogen-bond donors (Lipinski definition) is 1. The van der Waals surface area contributed by atoms with E-state index < -0.39 is 0 Å². The Hall–Kier alpha value is -1.24. The minimum Gasteiger partial charge on any atom is -0.497 e. The summed E-state index contributed by atoms with van der Waals surface area (Å²) in [5.74, 6) is 0.336. The second-order valence-corrected chi connectivity index (χ2v) is 5.50. The van der Waals surface area contributed by atoms with E-state index in [1.54, 1.807) is 12.1 Å². The molecule has 1 aliphatic heterocycles. The summed E-state index contributed by atoms with van der Waals surface area (Å²) in [6.07, 6.45) is 0. The number of halogens is 1. The highest BCUT2D eigenvalue weighted by Crippen LogP contribution is 2.18. The molecule has 2 N–H and O–H groups in total. The molecule has 0 unspecified atom stereocenters. The van der Waals surface area contributed by atoms with Crippen LogP contribution in [0.5, 0.6) is 5.75 Å². The van der Waals surface area contributed by atoms with Crippen molar-refractivity contribution in [2.45, 2.75) is 6.54 Å². The van der Waals surface area contributed by atoms with Gasteiger partial charge in [-0.05, 0) is 6.07 Å². The van der Waals surface area contributed by atoms with E-state index in [1.807, 2.05) is 0 Å². The van der Waals surface area contributed by atoms with Crippen molar-refractivity contribution in [1.29, 1.82) is 0 Å². The van der Waals surface area contributed by atoms with Crippen LogP contribution in [0.25, 0.3) is 0 Å². The first-order chi connectivity index (χ1) is 9.58. The Kier molecular flexibility index (Phi) is 5.28. The van der Waals surface area contributed by atoms with Crippen molar-refractivity contribution >= 4 is 17.2 Å². The lowest BCUT2D eigenvalue weighted by molar-refractivity contribution is 0.139. The number of piperazine rings is 1. The van der Waals surface area contributed by atoms with Crippen LogP contribution in [0.4, 0.5) is 4.39 Å². The average Bonchev–Trinajstić information content (AvgIpc) is 2.42. The average molecular weight is 297 g/mol. The minimum absolute atomic E-state index is 0.213. The van der Waals surface area contributed by atoms with Crippen LogP contribution < -0.4 is 10.5 Å².